The first-order valence-electron chi connectivity index (χ1n) is 5.78. The Morgan fingerprint density at radius 2 is 2.06 bits per heavy atom. The summed E-state index contributed by atoms with van der Waals surface area (Å²) >= 11 is 0. The van der Waals surface area contributed by atoms with E-state index >= 15 is 0 Å². The van der Waals surface area contributed by atoms with Gasteiger partial charge in [-0.2, -0.15) is 0 Å². The van der Waals surface area contributed by atoms with Crippen molar-refractivity contribution in [1.82, 2.24) is 4.98 Å². The number of halogens is 1. The molecule has 3 nitrogen and oxygen atoms in total. The maximum absolute atomic E-state index is 13.2. The van der Waals surface area contributed by atoms with Crippen molar-refractivity contribution in [3.05, 3.63) is 59.0 Å². The van der Waals surface area contributed by atoms with Crippen molar-refractivity contribution in [1.29, 1.82) is 0 Å². The molecule has 1 atom stereocenters. The molecule has 2 rings (SSSR count). The highest BCUT2D eigenvalue weighted by atomic mass is 19.1. The van der Waals surface area contributed by atoms with Gasteiger partial charge in [0.05, 0.1) is 0 Å². The predicted molar refractivity (Wildman–Crippen MR) is 70.4 cm³/mol. The smallest absolute Gasteiger partial charge is 0.123 e. The third-order valence-electron chi connectivity index (χ3n) is 2.94. The van der Waals surface area contributed by atoms with E-state index in [0.29, 0.717) is 12.2 Å². The Bertz CT molecular complexity index is 554. The summed E-state index contributed by atoms with van der Waals surface area (Å²) in [4.78, 5) is 3.93. The molecule has 0 spiro atoms. The number of anilines is 1. The van der Waals surface area contributed by atoms with Crippen LogP contribution in [0.25, 0.3) is 0 Å². The van der Waals surface area contributed by atoms with Gasteiger partial charge >= 0.3 is 0 Å². The van der Waals surface area contributed by atoms with Crippen LogP contribution in [0.1, 0.15) is 22.7 Å². The number of hydrogen-bond acceptors (Lipinski definition) is 3. The summed E-state index contributed by atoms with van der Waals surface area (Å²) < 4.78 is 13.2. The predicted octanol–water partition coefficient (Wildman–Crippen LogP) is 2.35. The van der Waals surface area contributed by atoms with Gasteiger partial charge in [0.2, 0.25) is 0 Å². The van der Waals surface area contributed by atoms with Gasteiger partial charge in [0.25, 0.3) is 0 Å². The Morgan fingerprint density at radius 3 is 2.78 bits per heavy atom. The molecule has 0 aliphatic rings. The second-order valence-electron chi connectivity index (χ2n) is 4.40. The first-order chi connectivity index (χ1) is 8.56. The highest BCUT2D eigenvalue weighted by Crippen LogP contribution is 2.21. The van der Waals surface area contributed by atoms with Gasteiger partial charge in [0.15, 0.2) is 0 Å². The lowest BCUT2D eigenvalue weighted by atomic mass is 9.96. The maximum Gasteiger partial charge on any atom is 0.123 e. The largest absolute Gasteiger partial charge is 0.384 e. The molecule has 4 N–H and O–H groups in total. The van der Waals surface area contributed by atoms with Gasteiger partial charge in [-0.25, -0.2) is 9.37 Å². The summed E-state index contributed by atoms with van der Waals surface area (Å²) in [5.41, 5.74) is 14.5. The number of aryl methyl sites for hydroxylation is 1. The lowest BCUT2D eigenvalue weighted by Gasteiger charge is -2.15. The molecule has 0 aliphatic carbocycles. The fourth-order valence-corrected chi connectivity index (χ4v) is 2.00. The van der Waals surface area contributed by atoms with Gasteiger partial charge < -0.3 is 11.5 Å². The van der Waals surface area contributed by atoms with E-state index in [2.05, 4.69) is 4.98 Å². The molecule has 0 saturated heterocycles. The summed E-state index contributed by atoms with van der Waals surface area (Å²) in [6.45, 7) is 1.93. The van der Waals surface area contributed by atoms with E-state index in [1.807, 2.05) is 13.0 Å². The number of nitrogens with two attached hydrogens (primary N) is 2. The fourth-order valence-electron chi connectivity index (χ4n) is 2.00. The molecule has 94 valence electrons. The van der Waals surface area contributed by atoms with Gasteiger partial charge in [-0.15, -0.1) is 0 Å². The van der Waals surface area contributed by atoms with Gasteiger partial charge in [-0.05, 0) is 54.3 Å². The average Bonchev–Trinajstić information content (AvgIpc) is 2.32. The molecule has 0 bridgehead atoms. The number of rotatable bonds is 3. The number of hydrogen-bond donors (Lipinski definition) is 2. The van der Waals surface area contributed by atoms with Crippen LogP contribution in [0.4, 0.5) is 10.2 Å². The number of pyridine rings is 1. The number of benzene rings is 1. The molecular weight excluding hydrogens is 229 g/mol. The molecule has 4 heteroatoms. The minimum Gasteiger partial charge on any atom is -0.384 e. The zero-order valence-electron chi connectivity index (χ0n) is 10.2. The van der Waals surface area contributed by atoms with Crippen molar-refractivity contribution in [2.75, 3.05) is 5.73 Å². The minimum absolute atomic E-state index is 0.248. The Labute approximate surface area is 106 Å². The van der Waals surface area contributed by atoms with Crippen LogP contribution >= 0.6 is 0 Å². The first kappa shape index (κ1) is 12.5. The van der Waals surface area contributed by atoms with E-state index in [4.69, 9.17) is 11.5 Å². The van der Waals surface area contributed by atoms with Crippen molar-refractivity contribution >= 4 is 5.82 Å². The Balaban J connectivity index is 2.21. The summed E-state index contributed by atoms with van der Waals surface area (Å²) in [6.07, 6.45) is 2.26. The topological polar surface area (TPSA) is 64.9 Å². The van der Waals surface area contributed by atoms with E-state index < -0.39 is 0 Å². The zero-order chi connectivity index (χ0) is 13.1. The second kappa shape index (κ2) is 5.14. The second-order valence-corrected chi connectivity index (χ2v) is 4.40. The molecule has 1 aromatic carbocycles. The summed E-state index contributed by atoms with van der Waals surface area (Å²) in [6, 6.07) is 8.08. The summed E-state index contributed by atoms with van der Waals surface area (Å²) in [7, 11) is 0. The van der Waals surface area contributed by atoms with E-state index in [9.17, 15) is 4.39 Å². The van der Waals surface area contributed by atoms with E-state index in [1.54, 1.807) is 18.3 Å². The monoisotopic (exact) mass is 245 g/mol. The van der Waals surface area contributed by atoms with Crippen LogP contribution < -0.4 is 11.5 Å². The normalized spacial score (nSPS) is 12.4. The van der Waals surface area contributed by atoms with E-state index in [-0.39, 0.29) is 11.9 Å². The van der Waals surface area contributed by atoms with Gasteiger partial charge in [0, 0.05) is 12.2 Å². The van der Waals surface area contributed by atoms with Crippen LogP contribution in [-0.2, 0) is 6.42 Å². The quantitative estimate of drug-likeness (QED) is 0.872. The molecule has 0 aliphatic heterocycles. The molecule has 18 heavy (non-hydrogen) atoms. The Hall–Kier alpha value is -1.94. The minimum atomic E-state index is -0.264. The average molecular weight is 245 g/mol. The number of nitrogen functional groups attached to an aromatic ring is 1. The first-order valence-corrected chi connectivity index (χ1v) is 5.78. The van der Waals surface area contributed by atoms with Crippen LogP contribution in [-0.4, -0.2) is 4.98 Å². The molecule has 0 fully saturated rings. The van der Waals surface area contributed by atoms with Crippen molar-refractivity contribution in [3.63, 3.8) is 0 Å². The SMILES string of the molecule is Cc1ccc(F)cc1C(N)Cc1ccnc(N)c1. The number of nitrogens with zero attached hydrogens (tertiary/aromatic N) is 1. The molecule has 1 heterocycles. The van der Waals surface area contributed by atoms with Gasteiger partial charge in [-0.3, -0.25) is 0 Å². The van der Waals surface area contributed by atoms with Crippen molar-refractivity contribution in [2.45, 2.75) is 19.4 Å². The summed E-state index contributed by atoms with van der Waals surface area (Å²) in [5.74, 6) is 0.205. The Kier molecular flexibility index (Phi) is 3.58. The van der Waals surface area contributed by atoms with Crippen molar-refractivity contribution in [2.24, 2.45) is 5.73 Å². The van der Waals surface area contributed by atoms with Gasteiger partial charge in [-0.1, -0.05) is 6.07 Å². The standard InChI is InChI=1S/C14H16FN3/c1-9-2-3-11(15)8-12(9)13(16)6-10-4-5-18-14(17)7-10/h2-5,7-8,13H,6,16H2,1H3,(H2,17,18). The third-order valence-corrected chi connectivity index (χ3v) is 2.94. The molecule has 0 amide bonds. The maximum atomic E-state index is 13.2. The Morgan fingerprint density at radius 1 is 1.28 bits per heavy atom. The zero-order valence-corrected chi connectivity index (χ0v) is 10.2. The molecular formula is C14H16FN3. The van der Waals surface area contributed by atoms with E-state index in [1.165, 1.54) is 12.1 Å². The van der Waals surface area contributed by atoms with Crippen molar-refractivity contribution < 1.29 is 4.39 Å². The van der Waals surface area contributed by atoms with Crippen LogP contribution in [0.15, 0.2) is 36.5 Å². The van der Waals surface area contributed by atoms with Crippen molar-refractivity contribution in [3.8, 4) is 0 Å². The molecule has 1 unspecified atom stereocenters. The van der Waals surface area contributed by atoms with Crippen LogP contribution in [0.2, 0.25) is 0 Å². The van der Waals surface area contributed by atoms with Crippen LogP contribution in [0.5, 0.6) is 0 Å². The highest BCUT2D eigenvalue weighted by Gasteiger charge is 2.11. The number of aromatic nitrogens is 1. The van der Waals surface area contributed by atoms with E-state index in [0.717, 1.165) is 16.7 Å². The molecule has 0 radical (unpaired) electrons. The third kappa shape index (κ3) is 2.84. The molecule has 0 saturated carbocycles. The fraction of sp³-hybridized carbons (Fsp3) is 0.214. The van der Waals surface area contributed by atoms with Crippen LogP contribution in [0, 0.1) is 12.7 Å². The molecule has 1 aromatic heterocycles. The van der Waals surface area contributed by atoms with Crippen LogP contribution in [0.3, 0.4) is 0 Å². The van der Waals surface area contributed by atoms with Gasteiger partial charge in [0.1, 0.15) is 11.6 Å². The lowest BCUT2D eigenvalue weighted by molar-refractivity contribution is 0.617. The highest BCUT2D eigenvalue weighted by molar-refractivity contribution is 5.35. The molecule has 2 aromatic rings. The summed E-state index contributed by atoms with van der Waals surface area (Å²) in [5, 5.41) is 0. The lowest BCUT2D eigenvalue weighted by Crippen LogP contribution is -2.15.